The smallest absolute Gasteiger partial charge is 0.290 e. The van der Waals surface area contributed by atoms with Gasteiger partial charge in [-0.05, 0) is 56.1 Å². The Morgan fingerprint density at radius 3 is 2.77 bits per heavy atom. The summed E-state index contributed by atoms with van der Waals surface area (Å²) >= 11 is 0. The SMILES string of the molecule is CCCc1[nH+]c(NC[C@H]2CCCO2)c(C#N)c2c1CCCC2. The van der Waals surface area contributed by atoms with Crippen LogP contribution in [0, 0.1) is 11.3 Å². The van der Waals surface area contributed by atoms with E-state index in [1.165, 1.54) is 29.7 Å². The lowest BCUT2D eigenvalue weighted by atomic mass is 9.87. The van der Waals surface area contributed by atoms with Gasteiger partial charge in [0, 0.05) is 13.0 Å². The number of hydrogen-bond acceptors (Lipinski definition) is 3. The Kier molecular flexibility index (Phi) is 4.94. The van der Waals surface area contributed by atoms with Crippen LogP contribution in [-0.4, -0.2) is 19.3 Å². The minimum Gasteiger partial charge on any atom is -0.374 e. The first kappa shape index (κ1) is 15.3. The van der Waals surface area contributed by atoms with Gasteiger partial charge in [0.15, 0.2) is 0 Å². The number of aromatic nitrogens is 1. The molecule has 0 spiro atoms. The zero-order valence-electron chi connectivity index (χ0n) is 13.5. The molecule has 22 heavy (non-hydrogen) atoms. The van der Waals surface area contributed by atoms with Crippen LogP contribution in [0.15, 0.2) is 0 Å². The van der Waals surface area contributed by atoms with Crippen LogP contribution in [0.25, 0.3) is 0 Å². The van der Waals surface area contributed by atoms with E-state index in [0.29, 0.717) is 0 Å². The van der Waals surface area contributed by atoms with Gasteiger partial charge in [0.25, 0.3) is 5.82 Å². The molecule has 2 heterocycles. The molecular weight excluding hydrogens is 274 g/mol. The average molecular weight is 300 g/mol. The topological polar surface area (TPSA) is 59.2 Å². The second-order valence-corrected chi connectivity index (χ2v) is 6.40. The first-order chi connectivity index (χ1) is 10.8. The van der Waals surface area contributed by atoms with E-state index in [0.717, 1.165) is 63.1 Å². The predicted molar refractivity (Wildman–Crippen MR) is 85.8 cm³/mol. The number of rotatable bonds is 5. The Hall–Kier alpha value is -1.60. The van der Waals surface area contributed by atoms with Gasteiger partial charge in [0.05, 0.1) is 6.10 Å². The maximum absolute atomic E-state index is 9.65. The van der Waals surface area contributed by atoms with Crippen molar-refractivity contribution >= 4 is 5.82 Å². The third kappa shape index (κ3) is 3.10. The molecule has 0 unspecified atom stereocenters. The monoisotopic (exact) mass is 300 g/mol. The van der Waals surface area contributed by atoms with Crippen LogP contribution in [0.3, 0.4) is 0 Å². The Balaban J connectivity index is 1.89. The van der Waals surface area contributed by atoms with E-state index in [-0.39, 0.29) is 6.10 Å². The van der Waals surface area contributed by atoms with Crippen LogP contribution in [0.5, 0.6) is 0 Å². The van der Waals surface area contributed by atoms with Gasteiger partial charge < -0.3 is 4.74 Å². The molecule has 0 radical (unpaired) electrons. The van der Waals surface area contributed by atoms with Crippen LogP contribution in [0.1, 0.15) is 61.4 Å². The van der Waals surface area contributed by atoms with Crippen LogP contribution < -0.4 is 10.3 Å². The van der Waals surface area contributed by atoms with E-state index in [4.69, 9.17) is 4.74 Å². The van der Waals surface area contributed by atoms with E-state index in [1.807, 2.05) is 0 Å². The largest absolute Gasteiger partial charge is 0.374 e. The number of ether oxygens (including phenoxy) is 1. The second-order valence-electron chi connectivity index (χ2n) is 6.40. The molecule has 1 aromatic heterocycles. The van der Waals surface area contributed by atoms with Crippen molar-refractivity contribution in [2.45, 2.75) is 64.4 Å². The van der Waals surface area contributed by atoms with Crippen LogP contribution in [-0.2, 0) is 24.0 Å². The molecule has 0 bridgehead atoms. The van der Waals surface area contributed by atoms with Crippen molar-refractivity contribution in [2.75, 3.05) is 18.5 Å². The molecule has 118 valence electrons. The third-order valence-electron chi connectivity index (χ3n) is 4.80. The number of fused-ring (bicyclic) bond motifs is 1. The quantitative estimate of drug-likeness (QED) is 0.909. The molecular formula is C18H26N3O+. The van der Waals surface area contributed by atoms with E-state index < -0.39 is 0 Å². The average Bonchev–Trinajstić information content (AvgIpc) is 3.06. The highest BCUT2D eigenvalue weighted by atomic mass is 16.5. The van der Waals surface area contributed by atoms with Gasteiger partial charge in [-0.15, -0.1) is 0 Å². The molecule has 1 aliphatic carbocycles. The Morgan fingerprint density at radius 1 is 1.27 bits per heavy atom. The molecule has 4 heteroatoms. The summed E-state index contributed by atoms with van der Waals surface area (Å²) in [6, 6.07) is 2.43. The zero-order chi connectivity index (χ0) is 15.4. The van der Waals surface area contributed by atoms with Gasteiger partial charge in [0.1, 0.15) is 23.9 Å². The fourth-order valence-corrected chi connectivity index (χ4v) is 3.69. The van der Waals surface area contributed by atoms with E-state index >= 15 is 0 Å². The van der Waals surface area contributed by atoms with Crippen molar-refractivity contribution in [3.05, 3.63) is 22.4 Å². The molecule has 1 aromatic rings. The molecule has 2 N–H and O–H groups in total. The fraction of sp³-hybridized carbons (Fsp3) is 0.667. The zero-order valence-corrected chi connectivity index (χ0v) is 13.5. The van der Waals surface area contributed by atoms with Crippen molar-refractivity contribution in [1.29, 1.82) is 5.26 Å². The van der Waals surface area contributed by atoms with Crippen LogP contribution in [0.2, 0.25) is 0 Å². The van der Waals surface area contributed by atoms with Gasteiger partial charge in [0.2, 0.25) is 0 Å². The van der Waals surface area contributed by atoms with Crippen molar-refractivity contribution in [1.82, 2.24) is 0 Å². The van der Waals surface area contributed by atoms with E-state index in [9.17, 15) is 5.26 Å². The molecule has 1 saturated heterocycles. The summed E-state index contributed by atoms with van der Waals surface area (Å²) in [5.41, 5.74) is 4.84. The molecule has 3 rings (SSSR count). The van der Waals surface area contributed by atoms with Gasteiger partial charge in [-0.2, -0.15) is 5.26 Å². The summed E-state index contributed by atoms with van der Waals surface area (Å²) in [6.45, 7) is 3.86. The van der Waals surface area contributed by atoms with Crippen molar-refractivity contribution in [3.63, 3.8) is 0 Å². The number of aryl methyl sites for hydroxylation is 1. The first-order valence-corrected chi connectivity index (χ1v) is 8.69. The lowest BCUT2D eigenvalue weighted by Crippen LogP contribution is -2.29. The van der Waals surface area contributed by atoms with Crippen LogP contribution in [0.4, 0.5) is 5.82 Å². The number of H-pyrrole nitrogens is 1. The molecule has 1 aliphatic heterocycles. The molecule has 4 nitrogen and oxygen atoms in total. The molecule has 1 atom stereocenters. The number of hydrogen-bond donors (Lipinski definition) is 1. The number of nitrogens with zero attached hydrogens (tertiary/aromatic N) is 1. The second kappa shape index (κ2) is 7.11. The Bertz CT molecular complexity index is 571. The minimum atomic E-state index is 0.283. The Morgan fingerprint density at radius 2 is 2.09 bits per heavy atom. The summed E-state index contributed by atoms with van der Waals surface area (Å²) in [6.07, 6.45) is 9.32. The highest BCUT2D eigenvalue weighted by Gasteiger charge is 2.26. The number of aromatic amines is 1. The maximum Gasteiger partial charge on any atom is 0.290 e. The van der Waals surface area contributed by atoms with E-state index in [1.54, 1.807) is 0 Å². The number of anilines is 1. The van der Waals surface area contributed by atoms with E-state index in [2.05, 4.69) is 23.3 Å². The molecule has 0 aromatic carbocycles. The van der Waals surface area contributed by atoms with Crippen molar-refractivity contribution < 1.29 is 9.72 Å². The van der Waals surface area contributed by atoms with Gasteiger partial charge >= 0.3 is 0 Å². The minimum absolute atomic E-state index is 0.283. The van der Waals surface area contributed by atoms with Crippen molar-refractivity contribution in [3.8, 4) is 6.07 Å². The molecule has 0 amide bonds. The summed E-state index contributed by atoms with van der Waals surface area (Å²) in [4.78, 5) is 3.53. The fourth-order valence-electron chi connectivity index (χ4n) is 3.69. The highest BCUT2D eigenvalue weighted by molar-refractivity contribution is 5.56. The summed E-state index contributed by atoms with van der Waals surface area (Å²) < 4.78 is 5.68. The number of pyridine rings is 1. The van der Waals surface area contributed by atoms with Gasteiger partial charge in [-0.1, -0.05) is 6.92 Å². The molecule has 2 aliphatic rings. The lowest BCUT2D eigenvalue weighted by Gasteiger charge is -2.20. The Labute approximate surface area is 132 Å². The summed E-state index contributed by atoms with van der Waals surface area (Å²) in [7, 11) is 0. The van der Waals surface area contributed by atoms with Gasteiger partial charge in [-0.25, -0.2) is 4.98 Å². The molecule has 0 saturated carbocycles. The summed E-state index contributed by atoms with van der Waals surface area (Å²) in [5, 5.41) is 13.1. The van der Waals surface area contributed by atoms with Gasteiger partial charge in [-0.3, -0.25) is 5.32 Å². The number of nitrogens with one attached hydrogen (secondary N) is 2. The maximum atomic E-state index is 9.65. The van der Waals surface area contributed by atoms with Crippen molar-refractivity contribution in [2.24, 2.45) is 0 Å². The third-order valence-corrected chi connectivity index (χ3v) is 4.80. The lowest BCUT2D eigenvalue weighted by molar-refractivity contribution is -0.375. The predicted octanol–water partition coefficient (Wildman–Crippen LogP) is 2.79. The number of nitriles is 1. The molecule has 1 fully saturated rings. The first-order valence-electron chi connectivity index (χ1n) is 8.69. The standard InChI is InChI=1S/C18H25N3O/c1-2-6-17-15-9-4-3-8-14(15)16(11-19)18(21-17)20-12-13-7-5-10-22-13/h13H,2-10,12H2,1H3,(H,20,21)/p+1/t13-/m1/s1. The normalized spacial score (nSPS) is 20.5. The summed E-state index contributed by atoms with van der Waals surface area (Å²) in [5.74, 6) is 0.905. The highest BCUT2D eigenvalue weighted by Crippen LogP contribution is 2.29. The van der Waals surface area contributed by atoms with Crippen LogP contribution >= 0.6 is 0 Å².